The maximum Gasteiger partial charge on any atom is 0.242 e. The minimum Gasteiger partial charge on any atom is -0.483 e. The highest BCUT2D eigenvalue weighted by Gasteiger charge is 2.43. The lowest BCUT2D eigenvalue weighted by Crippen LogP contribution is -2.59. The molecule has 3 amide bonds. The first-order valence-electron chi connectivity index (χ1n) is 10.0. The fourth-order valence-corrected chi connectivity index (χ4v) is 4.49. The van der Waals surface area contributed by atoms with Gasteiger partial charge in [0.1, 0.15) is 11.4 Å². The van der Waals surface area contributed by atoms with Crippen molar-refractivity contribution in [3.8, 4) is 5.75 Å². The number of ether oxygens (including phenoxy) is 1. The number of hydrogen-bond acceptors (Lipinski definition) is 4. The lowest BCUT2D eigenvalue weighted by Gasteiger charge is -2.43. The first-order valence-corrected chi connectivity index (χ1v) is 10.0. The van der Waals surface area contributed by atoms with Crippen molar-refractivity contribution in [1.29, 1.82) is 0 Å². The van der Waals surface area contributed by atoms with Gasteiger partial charge in [0, 0.05) is 38.5 Å². The average molecular weight is 385 g/mol. The molecule has 0 saturated carbocycles. The number of nitrogens with zero attached hydrogens (tertiary/aromatic N) is 3. The summed E-state index contributed by atoms with van der Waals surface area (Å²) in [4.78, 5) is 42.2. The van der Waals surface area contributed by atoms with Crippen molar-refractivity contribution in [3.05, 3.63) is 29.8 Å². The summed E-state index contributed by atoms with van der Waals surface area (Å²) in [5.41, 5.74) is 0.377. The largest absolute Gasteiger partial charge is 0.483 e. The van der Waals surface area contributed by atoms with E-state index in [0.717, 1.165) is 30.6 Å². The first kappa shape index (κ1) is 18.8. The van der Waals surface area contributed by atoms with Gasteiger partial charge < -0.3 is 19.4 Å². The number of carbonyl (C=O) groups excluding carboxylic acids is 3. The van der Waals surface area contributed by atoms with E-state index in [-0.39, 0.29) is 24.3 Å². The van der Waals surface area contributed by atoms with Crippen LogP contribution >= 0.6 is 0 Å². The second kappa shape index (κ2) is 7.45. The predicted octanol–water partition coefficient (Wildman–Crippen LogP) is 1.41. The van der Waals surface area contributed by atoms with E-state index in [1.165, 1.54) is 0 Å². The summed E-state index contributed by atoms with van der Waals surface area (Å²) in [6.45, 7) is 4.45. The van der Waals surface area contributed by atoms with Crippen LogP contribution in [-0.4, -0.2) is 70.7 Å². The number of likely N-dealkylation sites (tertiary alicyclic amines) is 2. The molecular weight excluding hydrogens is 358 g/mol. The van der Waals surface area contributed by atoms with Gasteiger partial charge in [-0.05, 0) is 25.3 Å². The summed E-state index contributed by atoms with van der Waals surface area (Å²) in [7, 11) is 0. The Morgan fingerprint density at radius 3 is 2.64 bits per heavy atom. The highest BCUT2D eigenvalue weighted by atomic mass is 16.5. The third-order valence-corrected chi connectivity index (χ3v) is 5.97. The molecule has 150 valence electrons. The Hall–Kier alpha value is -2.57. The van der Waals surface area contributed by atoms with Crippen molar-refractivity contribution < 1.29 is 19.1 Å². The molecule has 0 radical (unpaired) electrons. The van der Waals surface area contributed by atoms with Crippen LogP contribution < -0.4 is 4.74 Å². The summed E-state index contributed by atoms with van der Waals surface area (Å²) < 4.78 is 6.47. The summed E-state index contributed by atoms with van der Waals surface area (Å²) in [5.74, 6) is 0.813. The maximum absolute atomic E-state index is 12.9. The van der Waals surface area contributed by atoms with Crippen LogP contribution in [0.15, 0.2) is 24.3 Å². The minimum atomic E-state index is -0.610. The smallest absolute Gasteiger partial charge is 0.242 e. The molecule has 7 heteroatoms. The molecule has 4 rings (SSSR count). The zero-order valence-corrected chi connectivity index (χ0v) is 16.4. The zero-order valence-electron chi connectivity index (χ0n) is 16.4. The topological polar surface area (TPSA) is 70.2 Å². The van der Waals surface area contributed by atoms with E-state index in [4.69, 9.17) is 4.74 Å². The van der Waals surface area contributed by atoms with Gasteiger partial charge >= 0.3 is 0 Å². The number of para-hydroxylation sites is 1. The van der Waals surface area contributed by atoms with E-state index >= 15 is 0 Å². The Labute approximate surface area is 165 Å². The van der Waals surface area contributed by atoms with E-state index in [9.17, 15) is 14.4 Å². The van der Waals surface area contributed by atoms with Gasteiger partial charge in [-0.15, -0.1) is 0 Å². The van der Waals surface area contributed by atoms with E-state index in [0.29, 0.717) is 39.1 Å². The molecule has 3 aliphatic heterocycles. The van der Waals surface area contributed by atoms with E-state index in [1.807, 2.05) is 29.2 Å². The van der Waals surface area contributed by atoms with Gasteiger partial charge in [-0.3, -0.25) is 14.4 Å². The molecule has 28 heavy (non-hydrogen) atoms. The Balaban J connectivity index is 1.54. The number of amides is 3. The van der Waals surface area contributed by atoms with Crippen LogP contribution in [0.2, 0.25) is 0 Å². The fraction of sp³-hybridized carbons (Fsp3) is 0.571. The van der Waals surface area contributed by atoms with Gasteiger partial charge in [-0.25, -0.2) is 0 Å². The molecule has 0 aliphatic carbocycles. The SMILES string of the molecule is CC(=O)N1Cc2ccccc2O[C@@]2(CCCN(C(=O)CN3CCCC3=O)C2)C1. The lowest BCUT2D eigenvalue weighted by atomic mass is 9.91. The molecule has 0 aromatic heterocycles. The van der Waals surface area contributed by atoms with Crippen LogP contribution in [0.5, 0.6) is 5.75 Å². The summed E-state index contributed by atoms with van der Waals surface area (Å²) >= 11 is 0. The minimum absolute atomic E-state index is 0.00536. The number of benzene rings is 1. The molecule has 0 bridgehead atoms. The monoisotopic (exact) mass is 385 g/mol. The van der Waals surface area contributed by atoms with E-state index in [2.05, 4.69) is 0 Å². The Morgan fingerprint density at radius 2 is 1.89 bits per heavy atom. The number of rotatable bonds is 2. The molecule has 1 aromatic rings. The van der Waals surface area contributed by atoms with Crippen molar-refractivity contribution >= 4 is 17.7 Å². The fourth-order valence-electron chi connectivity index (χ4n) is 4.49. The molecule has 0 unspecified atom stereocenters. The van der Waals surface area contributed by atoms with Crippen LogP contribution in [-0.2, 0) is 20.9 Å². The van der Waals surface area contributed by atoms with E-state index < -0.39 is 5.60 Å². The highest BCUT2D eigenvalue weighted by molar-refractivity contribution is 5.86. The zero-order chi connectivity index (χ0) is 19.7. The van der Waals surface area contributed by atoms with Crippen molar-refractivity contribution in [2.45, 2.75) is 44.8 Å². The van der Waals surface area contributed by atoms with Crippen LogP contribution in [0.25, 0.3) is 0 Å². The molecule has 1 aromatic carbocycles. The molecule has 1 atom stereocenters. The summed E-state index contributed by atoms with van der Waals surface area (Å²) in [6.07, 6.45) is 2.96. The maximum atomic E-state index is 12.9. The number of carbonyl (C=O) groups is 3. The van der Waals surface area contributed by atoms with Gasteiger partial charge in [0.2, 0.25) is 17.7 Å². The normalized spacial score (nSPS) is 24.8. The van der Waals surface area contributed by atoms with Gasteiger partial charge in [-0.2, -0.15) is 0 Å². The molecule has 1 spiro atoms. The van der Waals surface area contributed by atoms with Crippen molar-refractivity contribution in [1.82, 2.24) is 14.7 Å². The van der Waals surface area contributed by atoms with Gasteiger partial charge in [0.15, 0.2) is 0 Å². The molecule has 7 nitrogen and oxygen atoms in total. The molecule has 3 aliphatic rings. The first-order chi connectivity index (χ1) is 13.5. The number of hydrogen-bond donors (Lipinski definition) is 0. The van der Waals surface area contributed by atoms with Crippen LogP contribution in [0.1, 0.15) is 38.2 Å². The lowest BCUT2D eigenvalue weighted by molar-refractivity contribution is -0.144. The summed E-state index contributed by atoms with van der Waals surface area (Å²) in [5, 5.41) is 0. The highest BCUT2D eigenvalue weighted by Crippen LogP contribution is 2.34. The quantitative estimate of drug-likeness (QED) is 0.772. The van der Waals surface area contributed by atoms with Crippen LogP contribution in [0.4, 0.5) is 0 Å². The van der Waals surface area contributed by atoms with Crippen molar-refractivity contribution in [3.63, 3.8) is 0 Å². The average Bonchev–Trinajstić information content (AvgIpc) is 2.99. The molecule has 2 saturated heterocycles. The standard InChI is InChI=1S/C21H27N3O4/c1-16(25)24-12-17-6-2-3-7-18(17)28-21(15-24)9-5-11-23(14-21)20(27)13-22-10-4-8-19(22)26/h2-3,6-7H,4-5,8-15H2,1H3/t21-/m1/s1. The summed E-state index contributed by atoms with van der Waals surface area (Å²) in [6, 6.07) is 7.79. The Morgan fingerprint density at radius 1 is 1.11 bits per heavy atom. The second-order valence-corrected chi connectivity index (χ2v) is 8.11. The molecule has 2 fully saturated rings. The molecule has 0 N–H and O–H groups in total. The predicted molar refractivity (Wildman–Crippen MR) is 103 cm³/mol. The van der Waals surface area contributed by atoms with Crippen LogP contribution in [0, 0.1) is 0 Å². The second-order valence-electron chi connectivity index (χ2n) is 8.11. The van der Waals surface area contributed by atoms with Gasteiger partial charge in [0.05, 0.1) is 19.6 Å². The van der Waals surface area contributed by atoms with Crippen LogP contribution in [0.3, 0.4) is 0 Å². The number of piperidine rings is 1. The molecule has 3 heterocycles. The van der Waals surface area contributed by atoms with Gasteiger partial charge in [-0.1, -0.05) is 18.2 Å². The third-order valence-electron chi connectivity index (χ3n) is 5.97. The van der Waals surface area contributed by atoms with Crippen molar-refractivity contribution in [2.75, 3.05) is 32.7 Å². The third kappa shape index (κ3) is 3.70. The van der Waals surface area contributed by atoms with Gasteiger partial charge in [0.25, 0.3) is 0 Å². The van der Waals surface area contributed by atoms with E-state index in [1.54, 1.807) is 16.7 Å². The van der Waals surface area contributed by atoms with Crippen molar-refractivity contribution in [2.24, 2.45) is 0 Å². The number of fused-ring (bicyclic) bond motifs is 1. The molecular formula is C21H27N3O4. The Bertz CT molecular complexity index is 796. The Kier molecular flexibility index (Phi) is 5.00.